The third-order valence-corrected chi connectivity index (χ3v) is 2.99. The zero-order valence-electron chi connectivity index (χ0n) is 11.7. The molecule has 0 unspecified atom stereocenters. The molecule has 0 saturated carbocycles. The van der Waals surface area contributed by atoms with Crippen LogP contribution in [-0.2, 0) is 6.61 Å². The van der Waals surface area contributed by atoms with Crippen molar-refractivity contribution in [1.29, 1.82) is 0 Å². The molecule has 0 aliphatic rings. The van der Waals surface area contributed by atoms with Crippen LogP contribution in [0.4, 0.5) is 0 Å². The number of rotatable bonds is 5. The molecule has 0 spiro atoms. The number of nitrogens with zero attached hydrogens (tertiary/aromatic N) is 2. The van der Waals surface area contributed by atoms with Gasteiger partial charge in [0.05, 0.1) is 5.69 Å². The van der Waals surface area contributed by atoms with E-state index in [2.05, 4.69) is 18.9 Å². The van der Waals surface area contributed by atoms with Gasteiger partial charge in [0.25, 0.3) is 0 Å². The molecular formula is C15H21N3O. The van der Waals surface area contributed by atoms with Crippen LogP contribution in [0.1, 0.15) is 44.1 Å². The number of ether oxygens (including phenoxy) is 1. The molecule has 0 saturated heterocycles. The van der Waals surface area contributed by atoms with Crippen molar-refractivity contribution < 1.29 is 4.74 Å². The van der Waals surface area contributed by atoms with E-state index in [1.165, 1.54) is 0 Å². The van der Waals surface area contributed by atoms with Crippen LogP contribution >= 0.6 is 0 Å². The first kappa shape index (κ1) is 13.6. The van der Waals surface area contributed by atoms with Crippen LogP contribution in [0, 0.1) is 0 Å². The van der Waals surface area contributed by atoms with Crippen molar-refractivity contribution in [2.45, 2.75) is 39.5 Å². The molecule has 1 atom stereocenters. The average Bonchev–Trinajstić information content (AvgIpc) is 2.86. The van der Waals surface area contributed by atoms with Crippen molar-refractivity contribution in [3.63, 3.8) is 0 Å². The zero-order chi connectivity index (χ0) is 13.8. The van der Waals surface area contributed by atoms with Gasteiger partial charge >= 0.3 is 0 Å². The molecule has 4 heteroatoms. The molecule has 4 nitrogen and oxygen atoms in total. The van der Waals surface area contributed by atoms with Gasteiger partial charge in [0.15, 0.2) is 0 Å². The number of aromatic nitrogens is 2. The Morgan fingerprint density at radius 1 is 1.16 bits per heavy atom. The summed E-state index contributed by atoms with van der Waals surface area (Å²) >= 11 is 0. The van der Waals surface area contributed by atoms with Crippen LogP contribution < -0.4 is 10.5 Å². The van der Waals surface area contributed by atoms with Crippen molar-refractivity contribution >= 4 is 0 Å². The molecule has 0 aliphatic heterocycles. The van der Waals surface area contributed by atoms with Crippen LogP contribution in [-0.4, -0.2) is 9.78 Å². The summed E-state index contributed by atoms with van der Waals surface area (Å²) < 4.78 is 7.63. The van der Waals surface area contributed by atoms with E-state index in [0.29, 0.717) is 12.6 Å². The van der Waals surface area contributed by atoms with Crippen LogP contribution in [0.25, 0.3) is 0 Å². The van der Waals surface area contributed by atoms with Gasteiger partial charge in [0.2, 0.25) is 0 Å². The maximum atomic E-state index is 5.81. The minimum absolute atomic E-state index is 0.0517. The summed E-state index contributed by atoms with van der Waals surface area (Å²) in [5, 5.41) is 4.44. The van der Waals surface area contributed by atoms with E-state index < -0.39 is 0 Å². The third kappa shape index (κ3) is 3.58. The molecule has 0 aliphatic carbocycles. The molecule has 2 rings (SSSR count). The maximum Gasteiger partial charge on any atom is 0.132 e. The fourth-order valence-corrected chi connectivity index (χ4v) is 1.77. The highest BCUT2D eigenvalue weighted by atomic mass is 16.5. The number of nitrogens with two attached hydrogens (primary N) is 1. The van der Waals surface area contributed by atoms with Crippen molar-refractivity contribution in [1.82, 2.24) is 9.78 Å². The van der Waals surface area contributed by atoms with Gasteiger partial charge in [0.1, 0.15) is 12.4 Å². The Morgan fingerprint density at radius 2 is 1.84 bits per heavy atom. The van der Waals surface area contributed by atoms with Crippen LogP contribution in [0.5, 0.6) is 5.75 Å². The largest absolute Gasteiger partial charge is 0.487 e. The van der Waals surface area contributed by atoms with Gasteiger partial charge in [-0.15, -0.1) is 0 Å². The highest BCUT2D eigenvalue weighted by Gasteiger charge is 2.04. The Kier molecular flexibility index (Phi) is 4.22. The Balaban J connectivity index is 1.94. The molecule has 0 amide bonds. The quantitative estimate of drug-likeness (QED) is 0.897. The van der Waals surface area contributed by atoms with Crippen molar-refractivity contribution in [3.05, 3.63) is 47.8 Å². The lowest BCUT2D eigenvalue weighted by Crippen LogP contribution is -2.05. The summed E-state index contributed by atoms with van der Waals surface area (Å²) in [7, 11) is 0. The van der Waals surface area contributed by atoms with E-state index in [4.69, 9.17) is 10.5 Å². The van der Waals surface area contributed by atoms with E-state index in [0.717, 1.165) is 17.0 Å². The summed E-state index contributed by atoms with van der Waals surface area (Å²) in [5.41, 5.74) is 7.85. The average molecular weight is 259 g/mol. The lowest BCUT2D eigenvalue weighted by Gasteiger charge is -2.08. The number of hydrogen-bond acceptors (Lipinski definition) is 3. The van der Waals surface area contributed by atoms with E-state index in [-0.39, 0.29) is 6.04 Å². The second kappa shape index (κ2) is 5.89. The predicted molar refractivity (Wildman–Crippen MR) is 76.0 cm³/mol. The molecule has 0 bridgehead atoms. The number of hydrogen-bond donors (Lipinski definition) is 1. The minimum Gasteiger partial charge on any atom is -0.487 e. The fourth-order valence-electron chi connectivity index (χ4n) is 1.77. The summed E-state index contributed by atoms with van der Waals surface area (Å²) in [6, 6.07) is 10.3. The van der Waals surface area contributed by atoms with Crippen LogP contribution in [0.2, 0.25) is 0 Å². The first-order valence-corrected chi connectivity index (χ1v) is 6.58. The molecule has 1 aromatic carbocycles. The van der Waals surface area contributed by atoms with E-state index in [9.17, 15) is 0 Å². The SMILES string of the molecule is CC(C)n1ccc(COc2ccc([C@@H](C)N)cc2)n1. The first-order chi connectivity index (χ1) is 9.06. The molecule has 2 aromatic rings. The van der Waals surface area contributed by atoms with E-state index in [1.807, 2.05) is 48.1 Å². The van der Waals surface area contributed by atoms with Gasteiger partial charge in [-0.2, -0.15) is 5.10 Å². The topological polar surface area (TPSA) is 53.1 Å². The Hall–Kier alpha value is -1.81. The molecule has 2 N–H and O–H groups in total. The fraction of sp³-hybridized carbons (Fsp3) is 0.400. The van der Waals surface area contributed by atoms with E-state index in [1.54, 1.807) is 0 Å². The molecule has 102 valence electrons. The first-order valence-electron chi connectivity index (χ1n) is 6.58. The van der Waals surface area contributed by atoms with Gasteiger partial charge in [-0.25, -0.2) is 0 Å². The zero-order valence-corrected chi connectivity index (χ0v) is 11.7. The highest BCUT2D eigenvalue weighted by Crippen LogP contribution is 2.17. The van der Waals surface area contributed by atoms with E-state index >= 15 is 0 Å². The Bertz CT molecular complexity index is 514. The van der Waals surface area contributed by atoms with Gasteiger partial charge in [-0.05, 0) is 44.5 Å². The summed E-state index contributed by atoms with van der Waals surface area (Å²) in [6.07, 6.45) is 1.97. The summed E-state index contributed by atoms with van der Waals surface area (Å²) in [5.74, 6) is 0.837. The van der Waals surface area contributed by atoms with Crippen LogP contribution in [0.15, 0.2) is 36.5 Å². The van der Waals surface area contributed by atoms with Gasteiger partial charge < -0.3 is 10.5 Å². The minimum atomic E-state index is 0.0517. The normalized spacial score (nSPS) is 12.7. The molecule has 1 aromatic heterocycles. The molecule has 0 radical (unpaired) electrons. The summed E-state index contributed by atoms with van der Waals surface area (Å²) in [4.78, 5) is 0. The standard InChI is InChI=1S/C15H21N3O/c1-11(2)18-9-8-14(17-18)10-19-15-6-4-13(5-7-15)12(3)16/h4-9,11-12H,10,16H2,1-3H3/t12-/m1/s1. The summed E-state index contributed by atoms with van der Waals surface area (Å²) in [6.45, 7) is 6.65. The monoisotopic (exact) mass is 259 g/mol. The van der Waals surface area contributed by atoms with Crippen molar-refractivity contribution in [2.75, 3.05) is 0 Å². The van der Waals surface area contributed by atoms with Crippen molar-refractivity contribution in [3.8, 4) is 5.75 Å². The predicted octanol–water partition coefficient (Wildman–Crippen LogP) is 3.06. The Morgan fingerprint density at radius 3 is 2.37 bits per heavy atom. The van der Waals surface area contributed by atoms with Gasteiger partial charge in [-0.1, -0.05) is 12.1 Å². The molecule has 19 heavy (non-hydrogen) atoms. The van der Waals surface area contributed by atoms with Crippen LogP contribution in [0.3, 0.4) is 0 Å². The Labute approximate surface area is 114 Å². The third-order valence-electron chi connectivity index (χ3n) is 2.99. The van der Waals surface area contributed by atoms with Gasteiger partial charge in [-0.3, -0.25) is 4.68 Å². The smallest absolute Gasteiger partial charge is 0.132 e. The van der Waals surface area contributed by atoms with Crippen molar-refractivity contribution in [2.24, 2.45) is 5.73 Å². The van der Waals surface area contributed by atoms with Gasteiger partial charge in [0, 0.05) is 18.3 Å². The second-order valence-corrected chi connectivity index (χ2v) is 5.03. The highest BCUT2D eigenvalue weighted by molar-refractivity contribution is 5.28. The second-order valence-electron chi connectivity index (χ2n) is 5.03. The lowest BCUT2D eigenvalue weighted by atomic mass is 10.1. The lowest BCUT2D eigenvalue weighted by molar-refractivity contribution is 0.298. The molecule has 1 heterocycles. The molecule has 0 fully saturated rings. The molecular weight excluding hydrogens is 238 g/mol. The maximum absolute atomic E-state index is 5.81. The number of benzene rings is 1.